The fourth-order valence-electron chi connectivity index (χ4n) is 1.72. The highest BCUT2D eigenvalue weighted by molar-refractivity contribution is 6.30. The number of carbonyl (C=O) groups is 1. The Bertz CT molecular complexity index is 434. The molecule has 0 unspecified atom stereocenters. The van der Waals surface area contributed by atoms with E-state index in [0.29, 0.717) is 24.4 Å². The summed E-state index contributed by atoms with van der Waals surface area (Å²) in [5, 5.41) is 9.26. The monoisotopic (exact) mass is 264 g/mol. The van der Waals surface area contributed by atoms with Crippen molar-refractivity contribution >= 4 is 17.5 Å². The minimum absolute atomic E-state index is 0.0440. The van der Waals surface area contributed by atoms with Crippen molar-refractivity contribution in [3.05, 3.63) is 34.9 Å². The molecule has 1 aromatic rings. The van der Waals surface area contributed by atoms with Gasteiger partial charge in [0.05, 0.1) is 18.9 Å². The molecule has 0 saturated carbocycles. The van der Waals surface area contributed by atoms with Crippen molar-refractivity contribution in [1.29, 1.82) is 5.26 Å². The number of hydrogen-bond acceptors (Lipinski definition) is 2. The van der Waals surface area contributed by atoms with Crippen molar-refractivity contribution in [1.82, 2.24) is 4.90 Å². The van der Waals surface area contributed by atoms with E-state index in [1.54, 1.807) is 17.0 Å². The molecule has 0 heterocycles. The van der Waals surface area contributed by atoms with Gasteiger partial charge in [0.15, 0.2) is 0 Å². The molecule has 0 N–H and O–H groups in total. The number of halogens is 1. The summed E-state index contributed by atoms with van der Waals surface area (Å²) in [4.78, 5) is 13.9. The predicted molar refractivity (Wildman–Crippen MR) is 72.2 cm³/mol. The molecule has 1 amide bonds. The third-order valence-corrected chi connectivity index (χ3v) is 2.93. The van der Waals surface area contributed by atoms with Gasteiger partial charge in [0.2, 0.25) is 5.91 Å². The van der Waals surface area contributed by atoms with E-state index in [1.165, 1.54) is 0 Å². The van der Waals surface area contributed by atoms with Crippen molar-refractivity contribution in [3.8, 4) is 6.07 Å². The minimum atomic E-state index is 0.0440. The van der Waals surface area contributed by atoms with Crippen LogP contribution in [0.2, 0.25) is 5.02 Å². The zero-order valence-electron chi connectivity index (χ0n) is 10.7. The average Bonchev–Trinajstić information content (AvgIpc) is 2.32. The standard InChI is InChI=1S/C14H17ClN2O/c1-11(2)17(9-3-8-16)14(18)10-12-4-6-13(15)7-5-12/h4-7,11H,3,9-10H2,1-2H3. The first-order chi connectivity index (χ1) is 8.54. The molecule has 1 aromatic carbocycles. The Morgan fingerprint density at radius 2 is 2.00 bits per heavy atom. The van der Waals surface area contributed by atoms with Crippen LogP contribution in [0.5, 0.6) is 0 Å². The molecule has 0 bridgehead atoms. The van der Waals surface area contributed by atoms with Gasteiger partial charge in [-0.25, -0.2) is 0 Å². The summed E-state index contributed by atoms with van der Waals surface area (Å²) >= 11 is 5.80. The van der Waals surface area contributed by atoms with Gasteiger partial charge in [-0.1, -0.05) is 23.7 Å². The Morgan fingerprint density at radius 1 is 1.39 bits per heavy atom. The molecule has 0 spiro atoms. The highest BCUT2D eigenvalue weighted by atomic mass is 35.5. The van der Waals surface area contributed by atoms with Crippen LogP contribution in [0.15, 0.2) is 24.3 Å². The number of benzene rings is 1. The molecular formula is C14H17ClN2O. The average molecular weight is 265 g/mol. The van der Waals surface area contributed by atoms with Crippen LogP contribution in [0.3, 0.4) is 0 Å². The summed E-state index contributed by atoms with van der Waals surface area (Å²) in [6, 6.07) is 9.43. The van der Waals surface area contributed by atoms with E-state index < -0.39 is 0 Å². The molecule has 0 aliphatic heterocycles. The number of nitriles is 1. The molecule has 0 aliphatic carbocycles. The largest absolute Gasteiger partial charge is 0.339 e. The van der Waals surface area contributed by atoms with Crippen molar-refractivity contribution in [2.45, 2.75) is 32.7 Å². The van der Waals surface area contributed by atoms with E-state index in [-0.39, 0.29) is 11.9 Å². The topological polar surface area (TPSA) is 44.1 Å². The summed E-state index contributed by atoms with van der Waals surface area (Å²) in [6.07, 6.45) is 0.714. The summed E-state index contributed by atoms with van der Waals surface area (Å²) < 4.78 is 0. The lowest BCUT2D eigenvalue weighted by Gasteiger charge is -2.25. The number of nitrogens with zero attached hydrogens (tertiary/aromatic N) is 2. The van der Waals surface area contributed by atoms with E-state index in [4.69, 9.17) is 16.9 Å². The lowest BCUT2D eigenvalue weighted by molar-refractivity contribution is -0.132. The van der Waals surface area contributed by atoms with Crippen LogP contribution in [0.4, 0.5) is 0 Å². The molecule has 96 valence electrons. The summed E-state index contributed by atoms with van der Waals surface area (Å²) in [6.45, 7) is 4.40. The zero-order valence-corrected chi connectivity index (χ0v) is 11.4. The Hall–Kier alpha value is -1.53. The lowest BCUT2D eigenvalue weighted by atomic mass is 10.1. The van der Waals surface area contributed by atoms with Crippen molar-refractivity contribution in [3.63, 3.8) is 0 Å². The van der Waals surface area contributed by atoms with E-state index >= 15 is 0 Å². The van der Waals surface area contributed by atoms with Crippen LogP contribution >= 0.6 is 11.6 Å². The molecular weight excluding hydrogens is 248 g/mol. The molecule has 0 saturated heterocycles. The molecule has 0 atom stereocenters. The first-order valence-corrected chi connectivity index (χ1v) is 6.33. The van der Waals surface area contributed by atoms with Gasteiger partial charge in [-0.3, -0.25) is 4.79 Å². The number of carbonyl (C=O) groups excluding carboxylic acids is 1. The molecule has 0 aromatic heterocycles. The maximum absolute atomic E-state index is 12.1. The minimum Gasteiger partial charge on any atom is -0.339 e. The van der Waals surface area contributed by atoms with E-state index in [2.05, 4.69) is 6.07 Å². The molecule has 4 heteroatoms. The highest BCUT2D eigenvalue weighted by Crippen LogP contribution is 2.12. The molecule has 0 fully saturated rings. The molecule has 3 nitrogen and oxygen atoms in total. The Labute approximate surface area is 113 Å². The Morgan fingerprint density at radius 3 is 2.50 bits per heavy atom. The summed E-state index contributed by atoms with van der Waals surface area (Å²) in [7, 11) is 0. The van der Waals surface area contributed by atoms with Crippen molar-refractivity contribution in [2.24, 2.45) is 0 Å². The van der Waals surface area contributed by atoms with Gasteiger partial charge in [-0.05, 0) is 31.5 Å². The van der Waals surface area contributed by atoms with Crippen molar-refractivity contribution in [2.75, 3.05) is 6.54 Å². The van der Waals surface area contributed by atoms with Gasteiger partial charge < -0.3 is 4.90 Å². The maximum atomic E-state index is 12.1. The fraction of sp³-hybridized carbons (Fsp3) is 0.429. The zero-order chi connectivity index (χ0) is 13.5. The van der Waals surface area contributed by atoms with E-state index in [0.717, 1.165) is 5.56 Å². The van der Waals surface area contributed by atoms with Gasteiger partial charge >= 0.3 is 0 Å². The van der Waals surface area contributed by atoms with Gasteiger partial charge in [-0.15, -0.1) is 0 Å². The molecule has 0 aliphatic rings. The first kappa shape index (κ1) is 14.5. The Balaban J connectivity index is 2.67. The lowest BCUT2D eigenvalue weighted by Crippen LogP contribution is -2.38. The van der Waals surface area contributed by atoms with Gasteiger partial charge in [0.25, 0.3) is 0 Å². The van der Waals surface area contributed by atoms with Crippen molar-refractivity contribution < 1.29 is 4.79 Å². The SMILES string of the molecule is CC(C)N(CCC#N)C(=O)Cc1ccc(Cl)cc1. The third kappa shape index (κ3) is 4.38. The van der Waals surface area contributed by atoms with Crippen LogP contribution in [-0.2, 0) is 11.2 Å². The predicted octanol–water partition coefficient (Wildman–Crippen LogP) is 3.03. The maximum Gasteiger partial charge on any atom is 0.227 e. The molecule has 1 rings (SSSR count). The fourth-order valence-corrected chi connectivity index (χ4v) is 1.85. The van der Waals surface area contributed by atoms with Gasteiger partial charge in [0.1, 0.15) is 0 Å². The molecule has 18 heavy (non-hydrogen) atoms. The van der Waals surface area contributed by atoms with E-state index in [1.807, 2.05) is 26.0 Å². The van der Waals surface area contributed by atoms with Crippen LogP contribution in [0, 0.1) is 11.3 Å². The highest BCUT2D eigenvalue weighted by Gasteiger charge is 2.16. The van der Waals surface area contributed by atoms with Crippen LogP contribution in [0.1, 0.15) is 25.8 Å². The number of rotatable bonds is 5. The summed E-state index contributed by atoms with van der Waals surface area (Å²) in [5.41, 5.74) is 0.937. The quantitative estimate of drug-likeness (QED) is 0.820. The van der Waals surface area contributed by atoms with Gasteiger partial charge in [-0.2, -0.15) is 5.26 Å². The third-order valence-electron chi connectivity index (χ3n) is 2.68. The first-order valence-electron chi connectivity index (χ1n) is 5.95. The van der Waals surface area contributed by atoms with Crippen LogP contribution in [0.25, 0.3) is 0 Å². The number of amides is 1. The smallest absolute Gasteiger partial charge is 0.227 e. The van der Waals surface area contributed by atoms with Crippen LogP contribution < -0.4 is 0 Å². The second kappa shape index (κ2) is 7.03. The second-order valence-electron chi connectivity index (χ2n) is 4.39. The Kier molecular flexibility index (Phi) is 5.67. The molecule has 0 radical (unpaired) electrons. The van der Waals surface area contributed by atoms with Crippen LogP contribution in [-0.4, -0.2) is 23.4 Å². The normalized spacial score (nSPS) is 10.2. The number of hydrogen-bond donors (Lipinski definition) is 0. The van der Waals surface area contributed by atoms with E-state index in [9.17, 15) is 4.79 Å². The second-order valence-corrected chi connectivity index (χ2v) is 4.83. The van der Waals surface area contributed by atoms with Gasteiger partial charge in [0, 0.05) is 17.6 Å². The summed E-state index contributed by atoms with van der Waals surface area (Å²) in [5.74, 6) is 0.0440.